The van der Waals surface area contributed by atoms with E-state index < -0.39 is 0 Å². The van der Waals surface area contributed by atoms with E-state index in [0.29, 0.717) is 6.04 Å². The van der Waals surface area contributed by atoms with Crippen LogP contribution in [-0.4, -0.2) is 47.0 Å². The van der Waals surface area contributed by atoms with Crippen molar-refractivity contribution in [2.24, 2.45) is 0 Å². The standard InChI is InChI=1S/C17H22ClN3/c1-13(2)21-10-8-20(9-11-21)12-14-5-6-16(18)15-4-3-7-19-17(14)15/h3-7,13H,8-12H2,1-2H3. The number of nitrogens with zero attached hydrogens (tertiary/aromatic N) is 3. The quantitative estimate of drug-likeness (QED) is 0.866. The number of pyridine rings is 1. The largest absolute Gasteiger partial charge is 0.298 e. The number of benzene rings is 1. The van der Waals surface area contributed by atoms with Gasteiger partial charge in [-0.2, -0.15) is 0 Å². The van der Waals surface area contributed by atoms with Crippen molar-refractivity contribution in [3.8, 4) is 0 Å². The highest BCUT2D eigenvalue weighted by molar-refractivity contribution is 6.35. The molecule has 0 saturated carbocycles. The lowest BCUT2D eigenvalue weighted by molar-refractivity contribution is 0.104. The Labute approximate surface area is 131 Å². The molecule has 1 aliphatic heterocycles. The summed E-state index contributed by atoms with van der Waals surface area (Å²) in [6.45, 7) is 10.0. The molecule has 3 rings (SSSR count). The van der Waals surface area contributed by atoms with Crippen LogP contribution in [0.5, 0.6) is 0 Å². The first-order valence-electron chi connectivity index (χ1n) is 7.63. The van der Waals surface area contributed by atoms with Gasteiger partial charge in [-0.1, -0.05) is 17.7 Å². The van der Waals surface area contributed by atoms with Crippen molar-refractivity contribution in [3.63, 3.8) is 0 Å². The van der Waals surface area contributed by atoms with Crippen molar-refractivity contribution in [2.45, 2.75) is 26.4 Å². The summed E-state index contributed by atoms with van der Waals surface area (Å²) in [5.74, 6) is 0. The van der Waals surface area contributed by atoms with Gasteiger partial charge in [-0.25, -0.2) is 0 Å². The van der Waals surface area contributed by atoms with E-state index in [0.717, 1.165) is 48.6 Å². The summed E-state index contributed by atoms with van der Waals surface area (Å²) >= 11 is 6.27. The predicted molar refractivity (Wildman–Crippen MR) is 88.7 cm³/mol. The maximum atomic E-state index is 6.27. The summed E-state index contributed by atoms with van der Waals surface area (Å²) in [7, 11) is 0. The number of hydrogen-bond donors (Lipinski definition) is 0. The molecule has 0 radical (unpaired) electrons. The van der Waals surface area contributed by atoms with E-state index in [1.807, 2.05) is 24.4 Å². The fraction of sp³-hybridized carbons (Fsp3) is 0.471. The summed E-state index contributed by atoms with van der Waals surface area (Å²) < 4.78 is 0. The van der Waals surface area contributed by atoms with Gasteiger partial charge in [0.15, 0.2) is 0 Å². The molecule has 3 nitrogen and oxygen atoms in total. The zero-order valence-corrected chi connectivity index (χ0v) is 13.5. The third-order valence-corrected chi connectivity index (χ3v) is 4.66. The van der Waals surface area contributed by atoms with E-state index in [9.17, 15) is 0 Å². The van der Waals surface area contributed by atoms with Gasteiger partial charge in [0, 0.05) is 55.4 Å². The number of hydrogen-bond acceptors (Lipinski definition) is 3. The summed E-state index contributed by atoms with van der Waals surface area (Å²) in [6.07, 6.45) is 1.85. The second-order valence-electron chi connectivity index (χ2n) is 6.01. The van der Waals surface area contributed by atoms with Gasteiger partial charge in [-0.05, 0) is 37.6 Å². The van der Waals surface area contributed by atoms with Crippen LogP contribution in [-0.2, 0) is 6.54 Å². The average molecular weight is 304 g/mol. The van der Waals surface area contributed by atoms with Crippen LogP contribution in [0, 0.1) is 0 Å². The normalized spacial score (nSPS) is 17.7. The first-order chi connectivity index (χ1) is 10.1. The van der Waals surface area contributed by atoms with Gasteiger partial charge in [-0.3, -0.25) is 14.8 Å². The summed E-state index contributed by atoms with van der Waals surface area (Å²) in [5, 5.41) is 1.84. The highest BCUT2D eigenvalue weighted by atomic mass is 35.5. The minimum absolute atomic E-state index is 0.644. The number of aromatic nitrogens is 1. The highest BCUT2D eigenvalue weighted by Crippen LogP contribution is 2.25. The van der Waals surface area contributed by atoms with Crippen LogP contribution < -0.4 is 0 Å². The molecule has 1 aliphatic rings. The maximum absolute atomic E-state index is 6.27. The second kappa shape index (κ2) is 6.30. The van der Waals surface area contributed by atoms with Crippen molar-refractivity contribution >= 4 is 22.5 Å². The third-order valence-electron chi connectivity index (χ3n) is 4.33. The molecule has 0 bridgehead atoms. The van der Waals surface area contributed by atoms with Crippen LogP contribution in [0.25, 0.3) is 10.9 Å². The lowest BCUT2D eigenvalue weighted by Gasteiger charge is -2.37. The lowest BCUT2D eigenvalue weighted by Crippen LogP contribution is -2.48. The SMILES string of the molecule is CC(C)N1CCN(Cc2ccc(Cl)c3cccnc23)CC1. The van der Waals surface area contributed by atoms with Crippen molar-refractivity contribution in [3.05, 3.63) is 41.0 Å². The fourth-order valence-electron chi connectivity index (χ4n) is 3.00. The van der Waals surface area contributed by atoms with Crippen LogP contribution in [0.4, 0.5) is 0 Å². The number of rotatable bonds is 3. The molecule has 0 atom stereocenters. The Morgan fingerprint density at radius 2 is 1.90 bits per heavy atom. The molecule has 1 aromatic carbocycles. The predicted octanol–water partition coefficient (Wildman–Crippen LogP) is 3.41. The van der Waals surface area contributed by atoms with E-state index in [1.165, 1.54) is 5.56 Å². The summed E-state index contributed by atoms with van der Waals surface area (Å²) in [4.78, 5) is 9.58. The molecule has 1 saturated heterocycles. The van der Waals surface area contributed by atoms with Crippen LogP contribution in [0.1, 0.15) is 19.4 Å². The molecule has 0 unspecified atom stereocenters. The van der Waals surface area contributed by atoms with Crippen LogP contribution in [0.3, 0.4) is 0 Å². The zero-order valence-electron chi connectivity index (χ0n) is 12.7. The average Bonchev–Trinajstić information content (AvgIpc) is 2.51. The van der Waals surface area contributed by atoms with Crippen LogP contribution in [0.15, 0.2) is 30.5 Å². The Balaban J connectivity index is 1.76. The van der Waals surface area contributed by atoms with E-state index in [-0.39, 0.29) is 0 Å². The van der Waals surface area contributed by atoms with Gasteiger partial charge in [0.25, 0.3) is 0 Å². The molecule has 0 aliphatic carbocycles. The Morgan fingerprint density at radius 1 is 1.14 bits per heavy atom. The first kappa shape index (κ1) is 14.8. The van der Waals surface area contributed by atoms with E-state index in [1.54, 1.807) is 0 Å². The number of fused-ring (bicyclic) bond motifs is 1. The summed E-state index contributed by atoms with van der Waals surface area (Å²) in [6, 6.07) is 8.74. The van der Waals surface area contributed by atoms with Gasteiger partial charge in [0.1, 0.15) is 0 Å². The maximum Gasteiger partial charge on any atom is 0.0761 e. The smallest absolute Gasteiger partial charge is 0.0761 e. The minimum Gasteiger partial charge on any atom is -0.298 e. The van der Waals surface area contributed by atoms with Gasteiger partial charge in [0.05, 0.1) is 5.52 Å². The van der Waals surface area contributed by atoms with Crippen molar-refractivity contribution < 1.29 is 0 Å². The summed E-state index contributed by atoms with van der Waals surface area (Å²) in [5.41, 5.74) is 2.31. The fourth-order valence-corrected chi connectivity index (χ4v) is 3.22. The molecular formula is C17H22ClN3. The molecule has 2 aromatic rings. The van der Waals surface area contributed by atoms with Gasteiger partial charge < -0.3 is 0 Å². The van der Waals surface area contributed by atoms with Crippen LogP contribution in [0.2, 0.25) is 5.02 Å². The molecule has 0 amide bonds. The van der Waals surface area contributed by atoms with E-state index in [4.69, 9.17) is 11.6 Å². The third kappa shape index (κ3) is 3.20. The minimum atomic E-state index is 0.644. The Bertz CT molecular complexity index is 618. The molecule has 4 heteroatoms. The van der Waals surface area contributed by atoms with Gasteiger partial charge >= 0.3 is 0 Å². The molecule has 2 heterocycles. The molecular weight excluding hydrogens is 282 g/mol. The zero-order chi connectivity index (χ0) is 14.8. The molecule has 21 heavy (non-hydrogen) atoms. The second-order valence-corrected chi connectivity index (χ2v) is 6.42. The van der Waals surface area contributed by atoms with Crippen molar-refractivity contribution in [2.75, 3.05) is 26.2 Å². The van der Waals surface area contributed by atoms with Gasteiger partial charge in [0.2, 0.25) is 0 Å². The molecule has 0 spiro atoms. The monoisotopic (exact) mass is 303 g/mol. The lowest BCUT2D eigenvalue weighted by atomic mass is 10.1. The Hall–Kier alpha value is -1.16. The van der Waals surface area contributed by atoms with E-state index in [2.05, 4.69) is 34.7 Å². The number of halogens is 1. The number of piperazine rings is 1. The molecule has 0 N–H and O–H groups in total. The Kier molecular flexibility index (Phi) is 4.43. The highest BCUT2D eigenvalue weighted by Gasteiger charge is 2.19. The van der Waals surface area contributed by atoms with E-state index >= 15 is 0 Å². The molecule has 1 fully saturated rings. The topological polar surface area (TPSA) is 19.4 Å². The first-order valence-corrected chi connectivity index (χ1v) is 8.01. The molecule has 112 valence electrons. The Morgan fingerprint density at radius 3 is 2.62 bits per heavy atom. The van der Waals surface area contributed by atoms with Crippen LogP contribution >= 0.6 is 11.6 Å². The van der Waals surface area contributed by atoms with Crippen molar-refractivity contribution in [1.82, 2.24) is 14.8 Å². The molecule has 1 aromatic heterocycles. The van der Waals surface area contributed by atoms with Gasteiger partial charge in [-0.15, -0.1) is 0 Å². The van der Waals surface area contributed by atoms with Crippen molar-refractivity contribution in [1.29, 1.82) is 0 Å².